The van der Waals surface area contributed by atoms with E-state index in [2.05, 4.69) is 10.3 Å². The van der Waals surface area contributed by atoms with Crippen molar-refractivity contribution in [2.24, 2.45) is 0 Å². The second kappa shape index (κ2) is 7.70. The van der Waals surface area contributed by atoms with Gasteiger partial charge in [0.1, 0.15) is 5.65 Å². The molecule has 1 fully saturated rings. The molecule has 2 aromatic heterocycles. The average Bonchev–Trinajstić information content (AvgIpc) is 3.16. The molecule has 4 rings (SSSR count). The fraction of sp³-hybridized carbons (Fsp3) is 0.263. The summed E-state index contributed by atoms with van der Waals surface area (Å²) in [6, 6.07) is 11.7. The number of benzene rings is 1. The summed E-state index contributed by atoms with van der Waals surface area (Å²) in [5.74, 6) is -0.285. The number of ether oxygens (including phenoxy) is 1. The van der Waals surface area contributed by atoms with E-state index < -0.39 is 10.0 Å². The molecule has 0 saturated carbocycles. The number of pyridine rings is 1. The maximum absolute atomic E-state index is 12.6. The fourth-order valence-corrected chi connectivity index (χ4v) is 4.47. The van der Waals surface area contributed by atoms with Crippen LogP contribution in [0.1, 0.15) is 16.1 Å². The summed E-state index contributed by atoms with van der Waals surface area (Å²) in [6.45, 7) is 1.74. The first-order valence-electron chi connectivity index (χ1n) is 8.93. The van der Waals surface area contributed by atoms with E-state index in [0.29, 0.717) is 31.9 Å². The second-order valence-corrected chi connectivity index (χ2v) is 8.36. The number of rotatable bonds is 5. The lowest BCUT2D eigenvalue weighted by Gasteiger charge is -2.26. The van der Waals surface area contributed by atoms with Gasteiger partial charge >= 0.3 is 0 Å². The van der Waals surface area contributed by atoms with E-state index in [1.807, 2.05) is 35.0 Å². The van der Waals surface area contributed by atoms with E-state index in [9.17, 15) is 13.2 Å². The summed E-state index contributed by atoms with van der Waals surface area (Å²) in [6.07, 6.45) is 3.74. The third kappa shape index (κ3) is 3.77. The summed E-state index contributed by atoms with van der Waals surface area (Å²) >= 11 is 0. The number of hydrogen-bond donors (Lipinski definition) is 1. The van der Waals surface area contributed by atoms with Crippen LogP contribution in [0, 0.1) is 0 Å². The highest BCUT2D eigenvalue weighted by atomic mass is 32.2. The molecule has 9 heteroatoms. The number of carbonyl (C=O) groups excluding carboxylic acids is 1. The topological polar surface area (TPSA) is 93.0 Å². The van der Waals surface area contributed by atoms with Crippen molar-refractivity contribution in [2.45, 2.75) is 11.4 Å². The molecule has 1 amide bonds. The van der Waals surface area contributed by atoms with Gasteiger partial charge in [-0.25, -0.2) is 13.4 Å². The molecule has 0 atom stereocenters. The molecule has 0 spiro atoms. The van der Waals surface area contributed by atoms with Gasteiger partial charge in [0.25, 0.3) is 5.91 Å². The minimum absolute atomic E-state index is 0.173. The number of morpholine rings is 1. The van der Waals surface area contributed by atoms with Crippen LogP contribution in [0.4, 0.5) is 0 Å². The summed E-state index contributed by atoms with van der Waals surface area (Å²) in [7, 11) is -3.57. The molecule has 1 aliphatic rings. The van der Waals surface area contributed by atoms with Crippen LogP contribution in [0.2, 0.25) is 0 Å². The van der Waals surface area contributed by atoms with Gasteiger partial charge in [0.2, 0.25) is 10.0 Å². The Kier molecular flexibility index (Phi) is 5.12. The highest BCUT2D eigenvalue weighted by Crippen LogP contribution is 2.17. The number of aromatic nitrogens is 2. The molecule has 3 aromatic rings. The van der Waals surface area contributed by atoms with Crippen molar-refractivity contribution < 1.29 is 17.9 Å². The van der Waals surface area contributed by atoms with Gasteiger partial charge in [-0.1, -0.05) is 6.07 Å². The number of imidazole rings is 1. The molecule has 1 N–H and O–H groups in total. The van der Waals surface area contributed by atoms with Crippen molar-refractivity contribution in [3.63, 3.8) is 0 Å². The molecule has 0 unspecified atom stereocenters. The first-order chi connectivity index (χ1) is 13.5. The zero-order chi connectivity index (χ0) is 19.6. The molecule has 146 valence electrons. The first kappa shape index (κ1) is 18.6. The van der Waals surface area contributed by atoms with E-state index in [4.69, 9.17) is 4.74 Å². The predicted octanol–water partition coefficient (Wildman–Crippen LogP) is 1.29. The zero-order valence-electron chi connectivity index (χ0n) is 15.1. The Bertz CT molecular complexity index is 1050. The Hall–Kier alpha value is -2.75. The molecule has 0 aliphatic carbocycles. The van der Waals surface area contributed by atoms with Crippen LogP contribution in [-0.2, 0) is 21.3 Å². The van der Waals surface area contributed by atoms with E-state index in [1.165, 1.54) is 28.6 Å². The largest absolute Gasteiger partial charge is 0.379 e. The van der Waals surface area contributed by atoms with Crippen LogP contribution in [0.25, 0.3) is 5.65 Å². The van der Waals surface area contributed by atoms with Crippen LogP contribution < -0.4 is 5.32 Å². The summed E-state index contributed by atoms with van der Waals surface area (Å²) < 4.78 is 33.7. The highest BCUT2D eigenvalue weighted by molar-refractivity contribution is 7.89. The first-order valence-corrected chi connectivity index (χ1v) is 10.4. The maximum atomic E-state index is 12.6. The maximum Gasteiger partial charge on any atom is 0.251 e. The number of carbonyl (C=O) groups is 1. The molecular formula is C19H20N4O4S. The van der Waals surface area contributed by atoms with E-state index in [-0.39, 0.29) is 17.3 Å². The molecule has 8 nitrogen and oxygen atoms in total. The van der Waals surface area contributed by atoms with Crippen LogP contribution in [-0.4, -0.2) is 54.3 Å². The smallest absolute Gasteiger partial charge is 0.251 e. The fourth-order valence-electron chi connectivity index (χ4n) is 3.06. The quantitative estimate of drug-likeness (QED) is 0.697. The summed E-state index contributed by atoms with van der Waals surface area (Å²) in [4.78, 5) is 17.0. The van der Waals surface area contributed by atoms with Crippen molar-refractivity contribution in [1.82, 2.24) is 19.0 Å². The molecule has 0 bridgehead atoms. The van der Waals surface area contributed by atoms with Gasteiger partial charge in [-0.05, 0) is 36.4 Å². The van der Waals surface area contributed by atoms with Gasteiger partial charge in [-0.2, -0.15) is 4.31 Å². The van der Waals surface area contributed by atoms with E-state index in [1.54, 1.807) is 0 Å². The number of amides is 1. The Morgan fingerprint density at radius 2 is 1.86 bits per heavy atom. The van der Waals surface area contributed by atoms with Gasteiger partial charge in [0.15, 0.2) is 0 Å². The SMILES string of the molecule is O=C(NCc1cn2ccccc2n1)c1ccc(S(=O)(=O)N2CCOCC2)cc1. The standard InChI is InChI=1S/C19H20N4O4S/c24-19(20-13-16-14-22-8-2-1-3-18(22)21-16)15-4-6-17(7-5-15)28(25,26)23-9-11-27-12-10-23/h1-8,14H,9-13H2,(H,20,24). The van der Waals surface area contributed by atoms with Gasteiger partial charge in [0, 0.05) is 31.0 Å². The molecule has 1 aromatic carbocycles. The van der Waals surface area contributed by atoms with Crippen LogP contribution in [0.5, 0.6) is 0 Å². The van der Waals surface area contributed by atoms with Gasteiger partial charge in [0.05, 0.1) is 30.3 Å². The van der Waals surface area contributed by atoms with Gasteiger partial charge in [-0.3, -0.25) is 4.79 Å². The molecular weight excluding hydrogens is 380 g/mol. The predicted molar refractivity (Wildman–Crippen MR) is 102 cm³/mol. The molecule has 1 aliphatic heterocycles. The lowest BCUT2D eigenvalue weighted by molar-refractivity contribution is 0.0730. The normalized spacial score (nSPS) is 15.6. The van der Waals surface area contributed by atoms with Crippen molar-refractivity contribution in [3.05, 3.63) is 66.1 Å². The molecule has 28 heavy (non-hydrogen) atoms. The van der Waals surface area contributed by atoms with Crippen molar-refractivity contribution >= 4 is 21.6 Å². The molecule has 1 saturated heterocycles. The van der Waals surface area contributed by atoms with Crippen molar-refractivity contribution in [3.8, 4) is 0 Å². The van der Waals surface area contributed by atoms with Gasteiger partial charge < -0.3 is 14.5 Å². The molecule has 3 heterocycles. The summed E-state index contributed by atoms with van der Waals surface area (Å²) in [5, 5.41) is 2.81. The van der Waals surface area contributed by atoms with Crippen LogP contribution in [0.3, 0.4) is 0 Å². The third-order valence-electron chi connectivity index (χ3n) is 4.57. The van der Waals surface area contributed by atoms with Crippen LogP contribution in [0.15, 0.2) is 59.8 Å². The van der Waals surface area contributed by atoms with Crippen LogP contribution >= 0.6 is 0 Å². The van der Waals surface area contributed by atoms with E-state index in [0.717, 1.165) is 11.3 Å². The van der Waals surface area contributed by atoms with Crippen molar-refractivity contribution in [1.29, 1.82) is 0 Å². The van der Waals surface area contributed by atoms with E-state index >= 15 is 0 Å². The number of sulfonamides is 1. The minimum atomic E-state index is -3.57. The number of fused-ring (bicyclic) bond motifs is 1. The second-order valence-electron chi connectivity index (χ2n) is 6.42. The number of nitrogens with one attached hydrogen (secondary N) is 1. The summed E-state index contributed by atoms with van der Waals surface area (Å²) in [5.41, 5.74) is 1.94. The van der Waals surface area contributed by atoms with Gasteiger partial charge in [-0.15, -0.1) is 0 Å². The lowest BCUT2D eigenvalue weighted by Crippen LogP contribution is -2.40. The Morgan fingerprint density at radius 1 is 1.11 bits per heavy atom. The highest BCUT2D eigenvalue weighted by Gasteiger charge is 2.26. The Balaban J connectivity index is 1.42. The van der Waals surface area contributed by atoms with Crippen molar-refractivity contribution in [2.75, 3.05) is 26.3 Å². The zero-order valence-corrected chi connectivity index (χ0v) is 15.9. The monoisotopic (exact) mass is 400 g/mol. The number of nitrogens with zero attached hydrogens (tertiary/aromatic N) is 3. The average molecular weight is 400 g/mol. The third-order valence-corrected chi connectivity index (χ3v) is 6.48. The number of hydrogen-bond acceptors (Lipinski definition) is 5. The minimum Gasteiger partial charge on any atom is -0.379 e. The Labute approximate surface area is 162 Å². The Morgan fingerprint density at radius 3 is 2.57 bits per heavy atom. The molecule has 0 radical (unpaired) electrons. The lowest BCUT2D eigenvalue weighted by atomic mass is 10.2.